The molecule has 0 saturated carbocycles. The molecular formula is C16H11ClFN5S. The molecule has 0 aliphatic heterocycles. The summed E-state index contributed by atoms with van der Waals surface area (Å²) in [6.07, 6.45) is 6.87. The van der Waals surface area contributed by atoms with E-state index in [1.54, 1.807) is 47.3 Å². The van der Waals surface area contributed by atoms with Crippen molar-refractivity contribution < 1.29 is 4.39 Å². The Bertz CT molecular complexity index is 996. The largest absolute Gasteiger partial charge is 0.265 e. The average Bonchev–Trinajstić information content (AvgIpc) is 3.15. The molecule has 8 heteroatoms. The van der Waals surface area contributed by atoms with Gasteiger partial charge in [0.25, 0.3) is 0 Å². The molecule has 1 aromatic carbocycles. The van der Waals surface area contributed by atoms with E-state index >= 15 is 0 Å². The summed E-state index contributed by atoms with van der Waals surface area (Å²) >= 11 is 1.39. The Morgan fingerprint density at radius 1 is 1.00 bits per heavy atom. The second kappa shape index (κ2) is 6.86. The number of fused-ring (bicyclic) bond motifs is 1. The lowest BCUT2D eigenvalue weighted by molar-refractivity contribution is 0.625. The van der Waals surface area contributed by atoms with Crippen LogP contribution in [0.5, 0.6) is 0 Å². The first kappa shape index (κ1) is 16.2. The number of nitrogens with zero attached hydrogens (tertiary/aromatic N) is 5. The third-order valence-corrected chi connectivity index (χ3v) is 4.12. The standard InChI is InChI=1S/C16H10FN5S.ClH/c17-13-4-2-1-3-11(13)5-6-14-21-22-15(19-20-16(22)23-14)12-7-9-18-10-8-12;/h1-10H;1H. The summed E-state index contributed by atoms with van der Waals surface area (Å²) in [7, 11) is 0. The van der Waals surface area contributed by atoms with E-state index in [9.17, 15) is 4.39 Å². The molecule has 4 aromatic rings. The molecular weight excluding hydrogens is 349 g/mol. The smallest absolute Gasteiger partial charge is 0.235 e. The van der Waals surface area contributed by atoms with Gasteiger partial charge in [-0.2, -0.15) is 9.61 Å². The second-order valence-corrected chi connectivity index (χ2v) is 5.74. The van der Waals surface area contributed by atoms with Crippen LogP contribution in [0.25, 0.3) is 28.5 Å². The average molecular weight is 360 g/mol. The highest BCUT2D eigenvalue weighted by Crippen LogP contribution is 2.22. The SMILES string of the molecule is Cl.Fc1ccccc1C=Cc1nn2c(-c3ccncc3)nnc2s1. The van der Waals surface area contributed by atoms with Gasteiger partial charge in [-0.15, -0.1) is 22.6 Å². The molecule has 0 N–H and O–H groups in total. The zero-order valence-electron chi connectivity index (χ0n) is 12.2. The summed E-state index contributed by atoms with van der Waals surface area (Å²) in [5.41, 5.74) is 1.41. The number of rotatable bonds is 3. The topological polar surface area (TPSA) is 56.0 Å². The van der Waals surface area contributed by atoms with E-state index in [2.05, 4.69) is 20.3 Å². The maximum atomic E-state index is 13.6. The van der Waals surface area contributed by atoms with Crippen LogP contribution in [0.3, 0.4) is 0 Å². The lowest BCUT2D eigenvalue weighted by Crippen LogP contribution is -1.90. The molecule has 0 radical (unpaired) electrons. The molecule has 0 atom stereocenters. The van der Waals surface area contributed by atoms with Crippen molar-refractivity contribution in [3.05, 3.63) is 65.2 Å². The van der Waals surface area contributed by atoms with E-state index in [4.69, 9.17) is 0 Å². The van der Waals surface area contributed by atoms with Gasteiger partial charge in [-0.25, -0.2) is 4.39 Å². The highest BCUT2D eigenvalue weighted by molar-refractivity contribution is 7.17. The fraction of sp³-hybridized carbons (Fsp3) is 0. The maximum Gasteiger partial charge on any atom is 0.235 e. The van der Waals surface area contributed by atoms with Crippen LogP contribution in [0.2, 0.25) is 0 Å². The zero-order chi connectivity index (χ0) is 15.6. The molecule has 24 heavy (non-hydrogen) atoms. The summed E-state index contributed by atoms with van der Waals surface area (Å²) in [6.45, 7) is 0. The molecule has 120 valence electrons. The summed E-state index contributed by atoms with van der Waals surface area (Å²) in [6, 6.07) is 10.3. The van der Waals surface area contributed by atoms with Gasteiger partial charge in [0.05, 0.1) is 0 Å². The quantitative estimate of drug-likeness (QED) is 0.555. The Hall–Kier alpha value is -2.64. The maximum absolute atomic E-state index is 13.6. The molecule has 0 bridgehead atoms. The summed E-state index contributed by atoms with van der Waals surface area (Å²) < 4.78 is 15.3. The Morgan fingerprint density at radius 2 is 1.79 bits per heavy atom. The highest BCUT2D eigenvalue weighted by atomic mass is 35.5. The van der Waals surface area contributed by atoms with Crippen LogP contribution in [0.4, 0.5) is 4.39 Å². The normalized spacial score (nSPS) is 11.0. The Labute approximate surface area is 146 Å². The zero-order valence-corrected chi connectivity index (χ0v) is 13.8. The van der Waals surface area contributed by atoms with E-state index in [1.807, 2.05) is 12.1 Å². The van der Waals surface area contributed by atoms with Crippen LogP contribution in [-0.4, -0.2) is 24.8 Å². The van der Waals surface area contributed by atoms with E-state index in [0.29, 0.717) is 16.3 Å². The fourth-order valence-corrected chi connectivity index (χ4v) is 2.89. The van der Waals surface area contributed by atoms with Gasteiger partial charge in [-0.3, -0.25) is 4.98 Å². The number of aromatic nitrogens is 5. The van der Waals surface area contributed by atoms with Gasteiger partial charge in [0.1, 0.15) is 10.8 Å². The van der Waals surface area contributed by atoms with E-state index in [-0.39, 0.29) is 18.2 Å². The molecule has 0 saturated heterocycles. The molecule has 0 aliphatic carbocycles. The first-order chi connectivity index (χ1) is 11.3. The lowest BCUT2D eigenvalue weighted by Gasteiger charge is -1.95. The number of hydrogen-bond donors (Lipinski definition) is 0. The first-order valence-electron chi connectivity index (χ1n) is 6.86. The molecule has 0 aliphatic rings. The van der Waals surface area contributed by atoms with Crippen molar-refractivity contribution in [3.63, 3.8) is 0 Å². The minimum Gasteiger partial charge on any atom is -0.265 e. The molecule has 3 aromatic heterocycles. The van der Waals surface area contributed by atoms with Crippen molar-refractivity contribution in [3.8, 4) is 11.4 Å². The van der Waals surface area contributed by atoms with Crippen molar-refractivity contribution >= 4 is 40.9 Å². The first-order valence-corrected chi connectivity index (χ1v) is 7.68. The van der Waals surface area contributed by atoms with Crippen LogP contribution < -0.4 is 0 Å². The number of benzene rings is 1. The molecule has 5 nitrogen and oxygen atoms in total. The van der Waals surface area contributed by atoms with Crippen LogP contribution in [-0.2, 0) is 0 Å². The molecule has 3 heterocycles. The van der Waals surface area contributed by atoms with Crippen molar-refractivity contribution in [1.82, 2.24) is 24.8 Å². The van der Waals surface area contributed by atoms with Gasteiger partial charge in [0.15, 0.2) is 5.82 Å². The molecule has 0 amide bonds. The summed E-state index contributed by atoms with van der Waals surface area (Å²) in [5, 5.41) is 13.5. The predicted octanol–water partition coefficient (Wildman–Crippen LogP) is 3.98. The van der Waals surface area contributed by atoms with Crippen LogP contribution >= 0.6 is 23.7 Å². The minimum atomic E-state index is -0.260. The number of hydrogen-bond acceptors (Lipinski definition) is 5. The Kier molecular flexibility index (Phi) is 4.64. The van der Waals surface area contributed by atoms with Crippen molar-refractivity contribution in [2.45, 2.75) is 0 Å². The summed E-state index contributed by atoms with van der Waals surface area (Å²) in [5.74, 6) is 0.397. The number of pyridine rings is 1. The van der Waals surface area contributed by atoms with Gasteiger partial charge in [-0.1, -0.05) is 29.5 Å². The van der Waals surface area contributed by atoms with Gasteiger partial charge >= 0.3 is 0 Å². The van der Waals surface area contributed by atoms with Crippen LogP contribution in [0, 0.1) is 5.82 Å². The summed E-state index contributed by atoms with van der Waals surface area (Å²) in [4.78, 5) is 4.68. The molecule has 4 rings (SSSR count). The van der Waals surface area contributed by atoms with Crippen LogP contribution in [0.15, 0.2) is 48.8 Å². The fourth-order valence-electron chi connectivity index (χ4n) is 2.15. The Balaban J connectivity index is 0.00000169. The highest BCUT2D eigenvalue weighted by Gasteiger charge is 2.12. The van der Waals surface area contributed by atoms with Gasteiger partial charge in [0.2, 0.25) is 4.96 Å². The molecule has 0 spiro atoms. The monoisotopic (exact) mass is 359 g/mol. The van der Waals surface area contributed by atoms with Gasteiger partial charge in [-0.05, 0) is 30.4 Å². The van der Waals surface area contributed by atoms with Crippen molar-refractivity contribution in [2.75, 3.05) is 0 Å². The number of halogens is 2. The van der Waals surface area contributed by atoms with Crippen LogP contribution in [0.1, 0.15) is 10.6 Å². The molecule has 0 unspecified atom stereocenters. The molecule has 0 fully saturated rings. The van der Waals surface area contributed by atoms with E-state index in [1.165, 1.54) is 17.4 Å². The van der Waals surface area contributed by atoms with Gasteiger partial charge in [0, 0.05) is 23.5 Å². The predicted molar refractivity (Wildman–Crippen MR) is 94.5 cm³/mol. The van der Waals surface area contributed by atoms with E-state index < -0.39 is 0 Å². The minimum absolute atomic E-state index is 0. The lowest BCUT2D eigenvalue weighted by atomic mass is 10.2. The second-order valence-electron chi connectivity index (χ2n) is 4.75. The third kappa shape index (κ3) is 3.04. The Morgan fingerprint density at radius 3 is 2.58 bits per heavy atom. The van der Waals surface area contributed by atoms with Crippen molar-refractivity contribution in [2.24, 2.45) is 0 Å². The van der Waals surface area contributed by atoms with Gasteiger partial charge < -0.3 is 0 Å². The van der Waals surface area contributed by atoms with Crippen molar-refractivity contribution in [1.29, 1.82) is 0 Å². The van der Waals surface area contributed by atoms with E-state index in [0.717, 1.165) is 10.6 Å². The third-order valence-electron chi connectivity index (χ3n) is 3.26.